The van der Waals surface area contributed by atoms with Crippen molar-refractivity contribution < 1.29 is 0 Å². The standard InChI is InChI=1S/C15H23NS/c1-5-6-14(9-10-16-17-4)15-11-12(2)7-8-13(15)3/h5-8,11,14,16H,9-10H2,1-4H3/b6-5-. The van der Waals surface area contributed by atoms with E-state index in [1.807, 2.05) is 0 Å². The number of nitrogens with one attached hydrogen (secondary N) is 1. The van der Waals surface area contributed by atoms with Crippen LogP contribution in [-0.4, -0.2) is 12.8 Å². The smallest absolute Gasteiger partial charge is 0.00672 e. The minimum absolute atomic E-state index is 0.527. The van der Waals surface area contributed by atoms with Gasteiger partial charge in [0.2, 0.25) is 0 Å². The third-order valence-corrected chi connectivity index (χ3v) is 3.45. The van der Waals surface area contributed by atoms with Gasteiger partial charge in [0.05, 0.1) is 0 Å². The van der Waals surface area contributed by atoms with Crippen molar-refractivity contribution in [3.8, 4) is 0 Å². The van der Waals surface area contributed by atoms with Gasteiger partial charge >= 0.3 is 0 Å². The Morgan fingerprint density at radius 1 is 1.35 bits per heavy atom. The second-order valence-corrected chi connectivity index (χ2v) is 5.08. The summed E-state index contributed by atoms with van der Waals surface area (Å²) in [5.74, 6) is 0.527. The number of aryl methyl sites for hydroxylation is 2. The first-order chi connectivity index (χ1) is 8.19. The van der Waals surface area contributed by atoms with E-state index < -0.39 is 0 Å². The van der Waals surface area contributed by atoms with Crippen molar-refractivity contribution in [2.24, 2.45) is 0 Å². The van der Waals surface area contributed by atoms with Crippen molar-refractivity contribution >= 4 is 11.9 Å². The van der Waals surface area contributed by atoms with Crippen molar-refractivity contribution in [2.45, 2.75) is 33.1 Å². The molecule has 0 aliphatic carbocycles. The summed E-state index contributed by atoms with van der Waals surface area (Å²) < 4.78 is 3.32. The van der Waals surface area contributed by atoms with E-state index in [0.717, 1.165) is 13.0 Å². The second-order valence-electron chi connectivity index (χ2n) is 4.38. The normalized spacial score (nSPS) is 13.2. The van der Waals surface area contributed by atoms with Gasteiger partial charge in [-0.3, -0.25) is 4.72 Å². The molecule has 0 bridgehead atoms. The van der Waals surface area contributed by atoms with Gasteiger partial charge in [-0.1, -0.05) is 47.9 Å². The fourth-order valence-electron chi connectivity index (χ4n) is 2.06. The zero-order valence-electron chi connectivity index (χ0n) is 11.3. The van der Waals surface area contributed by atoms with Gasteiger partial charge in [-0.15, -0.1) is 0 Å². The van der Waals surface area contributed by atoms with Crippen LogP contribution in [0.4, 0.5) is 0 Å². The maximum Gasteiger partial charge on any atom is 0.00672 e. The van der Waals surface area contributed by atoms with E-state index in [0.29, 0.717) is 5.92 Å². The van der Waals surface area contributed by atoms with Gasteiger partial charge in [-0.05, 0) is 44.6 Å². The highest BCUT2D eigenvalue weighted by molar-refractivity contribution is 7.96. The summed E-state index contributed by atoms with van der Waals surface area (Å²) in [4.78, 5) is 0. The zero-order chi connectivity index (χ0) is 12.7. The Morgan fingerprint density at radius 2 is 2.12 bits per heavy atom. The second kappa shape index (κ2) is 7.57. The highest BCUT2D eigenvalue weighted by atomic mass is 32.2. The van der Waals surface area contributed by atoms with Crippen LogP contribution < -0.4 is 4.72 Å². The Bertz CT molecular complexity index is 371. The van der Waals surface area contributed by atoms with E-state index in [-0.39, 0.29) is 0 Å². The Kier molecular flexibility index (Phi) is 6.38. The van der Waals surface area contributed by atoms with E-state index in [2.05, 4.69) is 62.1 Å². The molecule has 0 radical (unpaired) electrons. The number of allylic oxidation sites excluding steroid dienone is 2. The molecular formula is C15H23NS. The minimum Gasteiger partial charge on any atom is -0.264 e. The molecule has 0 aliphatic heterocycles. The predicted octanol–water partition coefficient (Wildman–Crippen LogP) is 4.22. The largest absolute Gasteiger partial charge is 0.264 e. The molecule has 1 aromatic carbocycles. The summed E-state index contributed by atoms with van der Waals surface area (Å²) in [7, 11) is 0. The van der Waals surface area contributed by atoms with Gasteiger partial charge in [0, 0.05) is 12.5 Å². The van der Waals surface area contributed by atoms with Gasteiger partial charge in [-0.2, -0.15) is 0 Å². The number of hydrogen-bond donors (Lipinski definition) is 1. The highest BCUT2D eigenvalue weighted by Gasteiger charge is 2.10. The molecule has 17 heavy (non-hydrogen) atoms. The molecule has 0 aliphatic rings. The molecule has 1 nitrogen and oxygen atoms in total. The quantitative estimate of drug-likeness (QED) is 0.460. The molecule has 1 atom stereocenters. The molecule has 0 saturated carbocycles. The molecule has 0 spiro atoms. The van der Waals surface area contributed by atoms with Crippen molar-refractivity contribution in [2.75, 3.05) is 12.8 Å². The molecule has 2 heteroatoms. The minimum atomic E-state index is 0.527. The molecule has 94 valence electrons. The monoisotopic (exact) mass is 249 g/mol. The molecule has 0 saturated heterocycles. The van der Waals surface area contributed by atoms with Gasteiger partial charge in [0.25, 0.3) is 0 Å². The summed E-state index contributed by atoms with van der Waals surface area (Å²) in [6, 6.07) is 6.73. The summed E-state index contributed by atoms with van der Waals surface area (Å²) in [6.45, 7) is 7.51. The zero-order valence-corrected chi connectivity index (χ0v) is 12.1. The SMILES string of the molecule is C/C=C\C(CCNSC)c1cc(C)ccc1C. The Hall–Kier alpha value is -0.730. The van der Waals surface area contributed by atoms with Gasteiger partial charge in [0.15, 0.2) is 0 Å². The first-order valence-electron chi connectivity index (χ1n) is 6.14. The van der Waals surface area contributed by atoms with Crippen LogP contribution in [0.5, 0.6) is 0 Å². The van der Waals surface area contributed by atoms with Gasteiger partial charge < -0.3 is 0 Å². The van der Waals surface area contributed by atoms with Crippen molar-refractivity contribution in [3.63, 3.8) is 0 Å². The van der Waals surface area contributed by atoms with E-state index in [4.69, 9.17) is 0 Å². The molecule has 1 unspecified atom stereocenters. The lowest BCUT2D eigenvalue weighted by Gasteiger charge is -2.16. The van der Waals surface area contributed by atoms with E-state index in [1.165, 1.54) is 16.7 Å². The average molecular weight is 249 g/mol. The average Bonchev–Trinajstić information content (AvgIpc) is 2.32. The van der Waals surface area contributed by atoms with Crippen LogP contribution in [0, 0.1) is 13.8 Å². The summed E-state index contributed by atoms with van der Waals surface area (Å²) in [5.41, 5.74) is 4.20. The van der Waals surface area contributed by atoms with Crippen LogP contribution >= 0.6 is 11.9 Å². The highest BCUT2D eigenvalue weighted by Crippen LogP contribution is 2.25. The van der Waals surface area contributed by atoms with Crippen molar-refractivity contribution in [1.29, 1.82) is 0 Å². The fourth-order valence-corrected chi connectivity index (χ4v) is 2.39. The Labute approximate surface area is 110 Å². The molecule has 0 aromatic heterocycles. The van der Waals surface area contributed by atoms with Crippen LogP contribution in [0.2, 0.25) is 0 Å². The van der Waals surface area contributed by atoms with Crippen LogP contribution in [0.15, 0.2) is 30.4 Å². The van der Waals surface area contributed by atoms with Crippen LogP contribution in [0.3, 0.4) is 0 Å². The van der Waals surface area contributed by atoms with E-state index in [1.54, 1.807) is 11.9 Å². The van der Waals surface area contributed by atoms with E-state index in [9.17, 15) is 0 Å². The van der Waals surface area contributed by atoms with Crippen molar-refractivity contribution in [1.82, 2.24) is 4.72 Å². The summed E-state index contributed by atoms with van der Waals surface area (Å²) >= 11 is 1.69. The van der Waals surface area contributed by atoms with Crippen LogP contribution in [-0.2, 0) is 0 Å². The molecule has 0 heterocycles. The maximum absolute atomic E-state index is 3.32. The molecule has 1 N–H and O–H groups in total. The lowest BCUT2D eigenvalue weighted by atomic mass is 9.90. The maximum atomic E-state index is 3.32. The Morgan fingerprint density at radius 3 is 2.76 bits per heavy atom. The fraction of sp³-hybridized carbons (Fsp3) is 0.467. The first kappa shape index (κ1) is 14.3. The number of benzene rings is 1. The van der Waals surface area contributed by atoms with Gasteiger partial charge in [-0.25, -0.2) is 0 Å². The number of hydrogen-bond acceptors (Lipinski definition) is 2. The lowest BCUT2D eigenvalue weighted by molar-refractivity contribution is 0.720. The van der Waals surface area contributed by atoms with Crippen molar-refractivity contribution in [3.05, 3.63) is 47.0 Å². The summed E-state index contributed by atoms with van der Waals surface area (Å²) in [5, 5.41) is 0. The third kappa shape index (κ3) is 4.57. The summed E-state index contributed by atoms with van der Waals surface area (Å²) in [6.07, 6.45) is 7.69. The predicted molar refractivity (Wildman–Crippen MR) is 79.6 cm³/mol. The molecule has 0 amide bonds. The lowest BCUT2D eigenvalue weighted by Crippen LogP contribution is -2.10. The van der Waals surface area contributed by atoms with Gasteiger partial charge in [0.1, 0.15) is 0 Å². The van der Waals surface area contributed by atoms with Crippen LogP contribution in [0.25, 0.3) is 0 Å². The number of rotatable bonds is 6. The molecule has 0 fully saturated rings. The topological polar surface area (TPSA) is 12.0 Å². The molecule has 1 rings (SSSR count). The van der Waals surface area contributed by atoms with Crippen LogP contribution in [0.1, 0.15) is 36.0 Å². The van der Waals surface area contributed by atoms with E-state index >= 15 is 0 Å². The Balaban J connectivity index is 2.84. The molecule has 1 aromatic rings. The first-order valence-corrected chi connectivity index (χ1v) is 7.37. The molecular weight excluding hydrogens is 226 g/mol. The third-order valence-electron chi connectivity index (χ3n) is 2.96.